The average molecular weight is 336 g/mol. The number of halogens is 1. The van der Waals surface area contributed by atoms with E-state index >= 15 is 0 Å². The van der Waals surface area contributed by atoms with Crippen molar-refractivity contribution in [1.29, 1.82) is 5.26 Å². The number of hydrogen-bond donors (Lipinski definition) is 0. The number of benzene rings is 2. The maximum atomic E-state index is 14.0. The Kier molecular flexibility index (Phi) is 4.08. The van der Waals surface area contributed by atoms with Gasteiger partial charge in [0.1, 0.15) is 11.3 Å². The molecular weight excluding hydrogens is 319 g/mol. The van der Waals surface area contributed by atoms with Crippen molar-refractivity contribution in [2.75, 3.05) is 31.1 Å². The molecule has 1 fully saturated rings. The van der Waals surface area contributed by atoms with Crippen LogP contribution in [0.15, 0.2) is 46.9 Å². The third kappa shape index (κ3) is 3.19. The van der Waals surface area contributed by atoms with E-state index in [1.165, 1.54) is 6.07 Å². The second-order valence-corrected chi connectivity index (χ2v) is 6.15. The Morgan fingerprint density at radius 1 is 1.12 bits per heavy atom. The molecule has 0 bridgehead atoms. The molecule has 1 saturated heterocycles. The first-order chi connectivity index (χ1) is 12.2. The molecule has 1 aromatic heterocycles. The van der Waals surface area contributed by atoms with E-state index in [-0.39, 0.29) is 5.82 Å². The van der Waals surface area contributed by atoms with Gasteiger partial charge in [-0.15, -0.1) is 0 Å². The fourth-order valence-electron chi connectivity index (χ4n) is 3.08. The van der Waals surface area contributed by atoms with Crippen LogP contribution in [-0.2, 0) is 6.54 Å². The molecule has 1 aliphatic heterocycles. The van der Waals surface area contributed by atoms with Crippen molar-refractivity contribution in [1.82, 2.24) is 9.88 Å². The van der Waals surface area contributed by atoms with Gasteiger partial charge in [0.25, 0.3) is 6.01 Å². The van der Waals surface area contributed by atoms with Gasteiger partial charge in [-0.3, -0.25) is 4.90 Å². The lowest BCUT2D eigenvalue weighted by Crippen LogP contribution is -2.46. The van der Waals surface area contributed by atoms with Crippen molar-refractivity contribution in [2.24, 2.45) is 0 Å². The summed E-state index contributed by atoms with van der Waals surface area (Å²) in [5.41, 5.74) is 2.62. The van der Waals surface area contributed by atoms with Crippen LogP contribution in [-0.4, -0.2) is 36.1 Å². The maximum Gasteiger partial charge on any atom is 0.298 e. The lowest BCUT2D eigenvalue weighted by Gasteiger charge is -2.33. The van der Waals surface area contributed by atoms with Crippen molar-refractivity contribution in [3.63, 3.8) is 0 Å². The number of aromatic nitrogens is 1. The number of oxazole rings is 1. The highest BCUT2D eigenvalue weighted by Crippen LogP contribution is 2.23. The lowest BCUT2D eigenvalue weighted by molar-refractivity contribution is 0.242. The third-order valence-corrected chi connectivity index (χ3v) is 4.50. The van der Waals surface area contributed by atoms with Gasteiger partial charge in [-0.25, -0.2) is 4.39 Å². The van der Waals surface area contributed by atoms with Crippen LogP contribution in [0.2, 0.25) is 0 Å². The highest BCUT2D eigenvalue weighted by molar-refractivity contribution is 5.74. The van der Waals surface area contributed by atoms with E-state index in [0.29, 0.717) is 23.7 Å². The maximum absolute atomic E-state index is 14.0. The highest BCUT2D eigenvalue weighted by atomic mass is 19.1. The minimum Gasteiger partial charge on any atom is -0.423 e. The molecule has 0 radical (unpaired) electrons. The highest BCUT2D eigenvalue weighted by Gasteiger charge is 2.21. The molecule has 5 nitrogen and oxygen atoms in total. The summed E-state index contributed by atoms with van der Waals surface area (Å²) in [6, 6.07) is 15.0. The average Bonchev–Trinajstić information content (AvgIpc) is 3.08. The topological polar surface area (TPSA) is 56.3 Å². The quantitative estimate of drug-likeness (QED) is 0.735. The fraction of sp³-hybridized carbons (Fsp3) is 0.263. The monoisotopic (exact) mass is 336 g/mol. The van der Waals surface area contributed by atoms with E-state index < -0.39 is 0 Å². The largest absolute Gasteiger partial charge is 0.423 e. The summed E-state index contributed by atoms with van der Waals surface area (Å²) in [4.78, 5) is 8.84. The lowest BCUT2D eigenvalue weighted by atomic mass is 10.1. The van der Waals surface area contributed by atoms with Gasteiger partial charge in [-0.2, -0.15) is 10.2 Å². The van der Waals surface area contributed by atoms with Gasteiger partial charge in [-0.05, 0) is 24.3 Å². The summed E-state index contributed by atoms with van der Waals surface area (Å²) in [6.45, 7) is 3.71. The smallest absolute Gasteiger partial charge is 0.298 e. The number of nitriles is 1. The summed E-state index contributed by atoms with van der Waals surface area (Å²) >= 11 is 0. The van der Waals surface area contributed by atoms with Gasteiger partial charge in [0.05, 0.1) is 11.6 Å². The molecule has 0 unspecified atom stereocenters. The molecule has 0 amide bonds. The standard InChI is InChI=1S/C19H17FN4O/c20-16-11-14(12-21)5-6-15(16)13-23-7-9-24(10-8-23)19-22-17-3-1-2-4-18(17)25-19/h1-6,11H,7-10,13H2. The number of para-hydroxylation sites is 2. The summed E-state index contributed by atoms with van der Waals surface area (Å²) in [7, 11) is 0. The van der Waals surface area contributed by atoms with E-state index in [0.717, 1.165) is 37.3 Å². The summed E-state index contributed by atoms with van der Waals surface area (Å²) in [5.74, 6) is -0.319. The Morgan fingerprint density at radius 3 is 2.64 bits per heavy atom. The third-order valence-electron chi connectivity index (χ3n) is 4.50. The molecule has 126 valence electrons. The molecule has 0 atom stereocenters. The predicted molar refractivity (Wildman–Crippen MR) is 92.6 cm³/mol. The number of rotatable bonds is 3. The molecule has 25 heavy (non-hydrogen) atoms. The molecule has 0 saturated carbocycles. The Bertz CT molecular complexity index is 905. The molecule has 3 aromatic rings. The Morgan fingerprint density at radius 2 is 1.92 bits per heavy atom. The first kappa shape index (κ1) is 15.6. The van der Waals surface area contributed by atoms with E-state index in [9.17, 15) is 4.39 Å². The zero-order chi connectivity index (χ0) is 17.2. The minimum absolute atomic E-state index is 0.319. The van der Waals surface area contributed by atoms with Crippen molar-refractivity contribution in [2.45, 2.75) is 6.54 Å². The molecule has 6 heteroatoms. The molecule has 1 aliphatic rings. The first-order valence-corrected chi connectivity index (χ1v) is 8.24. The van der Waals surface area contributed by atoms with E-state index in [2.05, 4.69) is 14.8 Å². The van der Waals surface area contributed by atoms with Crippen molar-refractivity contribution < 1.29 is 8.81 Å². The normalized spacial score (nSPS) is 15.4. The molecule has 2 heterocycles. The number of piperazine rings is 1. The van der Waals surface area contributed by atoms with Crippen LogP contribution < -0.4 is 4.90 Å². The minimum atomic E-state index is -0.319. The Labute approximate surface area is 144 Å². The molecule has 0 spiro atoms. The van der Waals surface area contributed by atoms with Gasteiger partial charge in [0.15, 0.2) is 5.58 Å². The summed E-state index contributed by atoms with van der Waals surface area (Å²) in [6.07, 6.45) is 0. The Balaban J connectivity index is 1.40. The number of hydrogen-bond acceptors (Lipinski definition) is 5. The molecule has 2 aromatic carbocycles. The second kappa shape index (κ2) is 6.54. The van der Waals surface area contributed by atoms with E-state index in [4.69, 9.17) is 9.68 Å². The second-order valence-electron chi connectivity index (χ2n) is 6.15. The van der Waals surface area contributed by atoms with E-state index in [1.807, 2.05) is 30.3 Å². The van der Waals surface area contributed by atoms with Crippen molar-refractivity contribution in [3.05, 3.63) is 59.4 Å². The van der Waals surface area contributed by atoms with E-state index in [1.54, 1.807) is 12.1 Å². The van der Waals surface area contributed by atoms with Gasteiger partial charge in [-0.1, -0.05) is 18.2 Å². The van der Waals surface area contributed by atoms with Gasteiger partial charge in [0, 0.05) is 38.3 Å². The van der Waals surface area contributed by atoms with Crippen molar-refractivity contribution in [3.8, 4) is 6.07 Å². The van der Waals surface area contributed by atoms with Crippen LogP contribution in [0.3, 0.4) is 0 Å². The number of fused-ring (bicyclic) bond motifs is 1. The van der Waals surface area contributed by atoms with Crippen LogP contribution in [0.1, 0.15) is 11.1 Å². The zero-order valence-corrected chi connectivity index (χ0v) is 13.7. The molecular formula is C19H17FN4O. The van der Waals surface area contributed by atoms with Gasteiger partial charge in [0.2, 0.25) is 0 Å². The molecule has 4 rings (SSSR count). The van der Waals surface area contributed by atoms with Gasteiger partial charge >= 0.3 is 0 Å². The molecule has 0 N–H and O–H groups in total. The van der Waals surface area contributed by atoms with Crippen LogP contribution in [0.4, 0.5) is 10.4 Å². The van der Waals surface area contributed by atoms with Crippen LogP contribution >= 0.6 is 0 Å². The SMILES string of the molecule is N#Cc1ccc(CN2CCN(c3nc4ccccc4o3)CC2)c(F)c1. The van der Waals surface area contributed by atoms with Crippen LogP contribution in [0.5, 0.6) is 0 Å². The van der Waals surface area contributed by atoms with Crippen LogP contribution in [0.25, 0.3) is 11.1 Å². The number of nitrogens with zero attached hydrogens (tertiary/aromatic N) is 4. The predicted octanol–water partition coefficient (Wildman–Crippen LogP) is 3.16. The first-order valence-electron chi connectivity index (χ1n) is 8.24. The molecule has 0 aliphatic carbocycles. The Hall–Kier alpha value is -2.91. The van der Waals surface area contributed by atoms with Crippen molar-refractivity contribution >= 4 is 17.1 Å². The van der Waals surface area contributed by atoms with Crippen LogP contribution in [0, 0.1) is 17.1 Å². The summed E-state index contributed by atoms with van der Waals surface area (Å²) in [5, 5.41) is 8.82. The zero-order valence-electron chi connectivity index (χ0n) is 13.7. The number of anilines is 1. The fourth-order valence-corrected chi connectivity index (χ4v) is 3.08. The summed E-state index contributed by atoms with van der Waals surface area (Å²) < 4.78 is 19.9. The van der Waals surface area contributed by atoms with Gasteiger partial charge < -0.3 is 9.32 Å².